The van der Waals surface area contributed by atoms with Gasteiger partial charge in [-0.1, -0.05) is 6.92 Å². The molecular weight excluding hydrogens is 244 g/mol. The Kier molecular flexibility index (Phi) is 3.99. The highest BCUT2D eigenvalue weighted by molar-refractivity contribution is 5.46. The third-order valence-corrected chi connectivity index (χ3v) is 3.66. The van der Waals surface area contributed by atoms with Crippen LogP contribution in [-0.4, -0.2) is 29.5 Å². The Labute approximate surface area is 112 Å². The SMILES string of the molecule is Cc1cc(NCC2(C)CCCNC2)ncc1[N+](=O)[O-]. The molecule has 6 nitrogen and oxygen atoms in total. The predicted octanol–water partition coefficient (Wildman–Crippen LogP) is 2.10. The zero-order valence-corrected chi connectivity index (χ0v) is 11.4. The van der Waals surface area contributed by atoms with Crippen molar-refractivity contribution in [3.63, 3.8) is 0 Å². The Morgan fingerprint density at radius 3 is 3.00 bits per heavy atom. The number of aryl methyl sites for hydroxylation is 1. The molecule has 0 radical (unpaired) electrons. The monoisotopic (exact) mass is 264 g/mol. The number of pyridine rings is 1. The minimum atomic E-state index is -0.404. The zero-order chi connectivity index (χ0) is 13.9. The van der Waals surface area contributed by atoms with Crippen molar-refractivity contribution in [3.8, 4) is 0 Å². The van der Waals surface area contributed by atoms with Gasteiger partial charge >= 0.3 is 0 Å². The van der Waals surface area contributed by atoms with Gasteiger partial charge in [0.25, 0.3) is 5.69 Å². The van der Waals surface area contributed by atoms with Crippen LogP contribution >= 0.6 is 0 Å². The molecule has 1 fully saturated rings. The quantitative estimate of drug-likeness (QED) is 0.643. The van der Waals surface area contributed by atoms with E-state index in [0.717, 1.165) is 19.6 Å². The van der Waals surface area contributed by atoms with Gasteiger partial charge in [0.15, 0.2) is 0 Å². The van der Waals surface area contributed by atoms with Crippen molar-refractivity contribution in [2.45, 2.75) is 26.7 Å². The highest BCUT2D eigenvalue weighted by Crippen LogP contribution is 2.26. The van der Waals surface area contributed by atoms with E-state index in [1.54, 1.807) is 13.0 Å². The van der Waals surface area contributed by atoms with Gasteiger partial charge in [0.05, 0.1) is 4.92 Å². The van der Waals surface area contributed by atoms with Crippen LogP contribution in [-0.2, 0) is 0 Å². The maximum absolute atomic E-state index is 10.7. The van der Waals surface area contributed by atoms with Gasteiger partial charge < -0.3 is 10.6 Å². The largest absolute Gasteiger partial charge is 0.369 e. The van der Waals surface area contributed by atoms with Crippen molar-refractivity contribution in [1.29, 1.82) is 0 Å². The van der Waals surface area contributed by atoms with E-state index in [2.05, 4.69) is 22.5 Å². The molecule has 1 unspecified atom stereocenters. The Morgan fingerprint density at radius 2 is 2.42 bits per heavy atom. The first-order chi connectivity index (χ1) is 9.00. The van der Waals surface area contributed by atoms with Crippen LogP contribution in [0.15, 0.2) is 12.3 Å². The molecule has 6 heteroatoms. The number of nitrogens with one attached hydrogen (secondary N) is 2. The summed E-state index contributed by atoms with van der Waals surface area (Å²) in [7, 11) is 0. The lowest BCUT2D eigenvalue weighted by molar-refractivity contribution is -0.385. The first-order valence-corrected chi connectivity index (χ1v) is 6.56. The maximum atomic E-state index is 10.7. The molecule has 1 atom stereocenters. The Hall–Kier alpha value is -1.69. The van der Waals surface area contributed by atoms with Crippen LogP contribution in [0.25, 0.3) is 0 Å². The van der Waals surface area contributed by atoms with Gasteiger partial charge in [0.1, 0.15) is 12.0 Å². The number of anilines is 1. The third kappa shape index (κ3) is 3.41. The van der Waals surface area contributed by atoms with Gasteiger partial charge in [-0.05, 0) is 37.8 Å². The van der Waals surface area contributed by atoms with Crippen molar-refractivity contribution in [2.24, 2.45) is 5.41 Å². The van der Waals surface area contributed by atoms with E-state index in [0.29, 0.717) is 11.4 Å². The van der Waals surface area contributed by atoms with Crippen LogP contribution < -0.4 is 10.6 Å². The van der Waals surface area contributed by atoms with Crippen LogP contribution in [0.2, 0.25) is 0 Å². The number of nitrogens with zero attached hydrogens (tertiary/aromatic N) is 2. The summed E-state index contributed by atoms with van der Waals surface area (Å²) in [6, 6.07) is 1.73. The Balaban J connectivity index is 2.00. The predicted molar refractivity (Wildman–Crippen MR) is 74.3 cm³/mol. The molecule has 1 saturated heterocycles. The summed E-state index contributed by atoms with van der Waals surface area (Å²) in [6.07, 6.45) is 3.68. The van der Waals surface area contributed by atoms with Crippen LogP contribution in [0.1, 0.15) is 25.3 Å². The number of hydrogen-bond donors (Lipinski definition) is 2. The Bertz CT molecular complexity index is 470. The second kappa shape index (κ2) is 5.52. The van der Waals surface area contributed by atoms with E-state index in [-0.39, 0.29) is 11.1 Å². The molecule has 19 heavy (non-hydrogen) atoms. The second-order valence-electron chi connectivity index (χ2n) is 5.56. The molecule has 1 aromatic heterocycles. The summed E-state index contributed by atoms with van der Waals surface area (Å²) in [5.74, 6) is 0.704. The van der Waals surface area contributed by atoms with Gasteiger partial charge in [0.2, 0.25) is 0 Å². The van der Waals surface area contributed by atoms with Crippen molar-refractivity contribution in [3.05, 3.63) is 27.9 Å². The topological polar surface area (TPSA) is 80.1 Å². The van der Waals surface area contributed by atoms with Crippen molar-refractivity contribution in [2.75, 3.05) is 25.0 Å². The number of piperidine rings is 1. The molecule has 0 bridgehead atoms. The minimum absolute atomic E-state index is 0.0658. The van der Waals surface area contributed by atoms with Crippen molar-refractivity contribution < 1.29 is 4.92 Å². The van der Waals surface area contributed by atoms with Gasteiger partial charge in [-0.3, -0.25) is 10.1 Å². The summed E-state index contributed by atoms with van der Waals surface area (Å²) in [5, 5.41) is 17.4. The zero-order valence-electron chi connectivity index (χ0n) is 11.4. The minimum Gasteiger partial charge on any atom is -0.369 e. The standard InChI is InChI=1S/C13H20N4O2/c1-10-6-12(15-7-11(10)17(18)19)16-9-13(2)4-3-5-14-8-13/h6-7,14H,3-5,8-9H2,1-2H3,(H,15,16). The van der Waals surface area contributed by atoms with E-state index < -0.39 is 4.92 Å². The van der Waals surface area contributed by atoms with E-state index in [4.69, 9.17) is 0 Å². The molecule has 2 N–H and O–H groups in total. The summed E-state index contributed by atoms with van der Waals surface area (Å²) >= 11 is 0. The number of aromatic nitrogens is 1. The first kappa shape index (κ1) is 13.7. The Morgan fingerprint density at radius 1 is 1.63 bits per heavy atom. The average Bonchev–Trinajstić information content (AvgIpc) is 2.37. The summed E-state index contributed by atoms with van der Waals surface area (Å²) in [6.45, 7) is 6.87. The maximum Gasteiger partial charge on any atom is 0.290 e. The van der Waals surface area contributed by atoms with Crippen LogP contribution in [0.5, 0.6) is 0 Å². The molecule has 0 saturated carbocycles. The van der Waals surface area contributed by atoms with E-state index in [1.807, 2.05) is 0 Å². The molecule has 0 spiro atoms. The molecule has 0 aromatic carbocycles. The molecule has 1 aliphatic heterocycles. The number of rotatable bonds is 4. The summed E-state index contributed by atoms with van der Waals surface area (Å²) in [5.41, 5.74) is 0.917. The lowest BCUT2D eigenvalue weighted by atomic mass is 9.83. The summed E-state index contributed by atoms with van der Waals surface area (Å²) < 4.78 is 0. The summed E-state index contributed by atoms with van der Waals surface area (Å²) in [4.78, 5) is 14.4. The van der Waals surface area contributed by atoms with Crippen LogP contribution in [0.3, 0.4) is 0 Å². The molecule has 0 aliphatic carbocycles. The molecule has 2 heterocycles. The lowest BCUT2D eigenvalue weighted by Gasteiger charge is -2.34. The van der Waals surface area contributed by atoms with Gasteiger partial charge in [-0.2, -0.15) is 0 Å². The van der Waals surface area contributed by atoms with Gasteiger partial charge in [0, 0.05) is 18.7 Å². The molecule has 1 aromatic rings. The number of nitro groups is 1. The highest BCUT2D eigenvalue weighted by atomic mass is 16.6. The molecule has 0 amide bonds. The fraction of sp³-hybridized carbons (Fsp3) is 0.615. The van der Waals surface area contributed by atoms with E-state index >= 15 is 0 Å². The first-order valence-electron chi connectivity index (χ1n) is 6.56. The normalized spacial score (nSPS) is 23.1. The van der Waals surface area contributed by atoms with Crippen molar-refractivity contribution >= 4 is 11.5 Å². The highest BCUT2D eigenvalue weighted by Gasteiger charge is 2.26. The third-order valence-electron chi connectivity index (χ3n) is 3.66. The average molecular weight is 264 g/mol. The van der Waals surface area contributed by atoms with Crippen molar-refractivity contribution in [1.82, 2.24) is 10.3 Å². The lowest BCUT2D eigenvalue weighted by Crippen LogP contribution is -2.42. The second-order valence-corrected chi connectivity index (χ2v) is 5.56. The van der Waals surface area contributed by atoms with Gasteiger partial charge in [-0.25, -0.2) is 4.98 Å². The van der Waals surface area contributed by atoms with E-state index in [9.17, 15) is 10.1 Å². The molecule has 104 valence electrons. The smallest absolute Gasteiger partial charge is 0.290 e. The molecular formula is C13H20N4O2. The van der Waals surface area contributed by atoms with Crippen LogP contribution in [0.4, 0.5) is 11.5 Å². The van der Waals surface area contributed by atoms with Gasteiger partial charge in [-0.15, -0.1) is 0 Å². The van der Waals surface area contributed by atoms with Crippen LogP contribution in [0, 0.1) is 22.5 Å². The number of hydrogen-bond acceptors (Lipinski definition) is 5. The molecule has 1 aliphatic rings. The van der Waals surface area contributed by atoms with E-state index in [1.165, 1.54) is 19.0 Å². The fourth-order valence-corrected chi connectivity index (χ4v) is 2.41. The molecule has 2 rings (SSSR count). The fourth-order valence-electron chi connectivity index (χ4n) is 2.41.